The summed E-state index contributed by atoms with van der Waals surface area (Å²) >= 11 is -0.740. The van der Waals surface area contributed by atoms with Crippen LogP contribution in [0.2, 0.25) is 0 Å². The van der Waals surface area contributed by atoms with Crippen molar-refractivity contribution in [2.75, 3.05) is 0 Å². The summed E-state index contributed by atoms with van der Waals surface area (Å²) in [6, 6.07) is 0. The van der Waals surface area contributed by atoms with E-state index in [2.05, 4.69) is 79.0 Å². The average molecular weight is 520 g/mol. The number of allylic oxidation sites excluding steroid dienone is 8. The normalized spacial score (nSPS) is 16.4. The third-order valence-corrected chi connectivity index (χ3v) is 8.61. The van der Waals surface area contributed by atoms with Crippen molar-refractivity contribution in [1.29, 1.82) is 0 Å². The van der Waals surface area contributed by atoms with Crippen LogP contribution in [0.3, 0.4) is 0 Å². The Morgan fingerprint density at radius 1 is 0.739 bits per heavy atom. The topological polar surface area (TPSA) is 0 Å². The van der Waals surface area contributed by atoms with Crippen molar-refractivity contribution in [3.05, 3.63) is 55.3 Å². The van der Waals surface area contributed by atoms with Crippen LogP contribution in [-0.2, 0) is 22.9 Å². The molecule has 128 valence electrons. The molecule has 0 radical (unpaired) electrons. The monoisotopic (exact) mass is 520 g/mol. The zero-order chi connectivity index (χ0) is 16.3. The fourth-order valence-corrected chi connectivity index (χ4v) is 7.06. The first-order chi connectivity index (χ1) is 9.66. The van der Waals surface area contributed by atoms with Crippen molar-refractivity contribution >= 4 is 0 Å². The van der Waals surface area contributed by atoms with Crippen molar-refractivity contribution in [2.24, 2.45) is 10.8 Å². The SMILES string of the molecule is C=C.CC(C)(C)C1=CC[C]([Hf+2][C]2=CC(C(C)(C)C)=CC2)=C1.[Cl-].[Cl-]. The molecule has 0 bridgehead atoms. The van der Waals surface area contributed by atoms with E-state index in [1.54, 1.807) is 17.8 Å². The molecule has 0 saturated heterocycles. The fourth-order valence-electron chi connectivity index (χ4n) is 2.48. The van der Waals surface area contributed by atoms with E-state index in [0.717, 1.165) is 0 Å². The Bertz CT molecular complexity index is 463. The van der Waals surface area contributed by atoms with Crippen LogP contribution in [0.25, 0.3) is 0 Å². The summed E-state index contributed by atoms with van der Waals surface area (Å²) in [5.74, 6) is 0. The third kappa shape index (κ3) is 7.71. The van der Waals surface area contributed by atoms with E-state index in [9.17, 15) is 0 Å². The van der Waals surface area contributed by atoms with E-state index < -0.39 is 22.9 Å². The van der Waals surface area contributed by atoms with Gasteiger partial charge in [0.05, 0.1) is 0 Å². The van der Waals surface area contributed by atoms with Crippen LogP contribution >= 0.6 is 0 Å². The Morgan fingerprint density at radius 2 is 1.04 bits per heavy atom. The van der Waals surface area contributed by atoms with Gasteiger partial charge in [0.15, 0.2) is 0 Å². The van der Waals surface area contributed by atoms with Crippen LogP contribution in [0.5, 0.6) is 0 Å². The minimum absolute atomic E-state index is 0. The van der Waals surface area contributed by atoms with Crippen LogP contribution in [0.1, 0.15) is 54.4 Å². The molecule has 0 unspecified atom stereocenters. The summed E-state index contributed by atoms with van der Waals surface area (Å²) in [6.07, 6.45) is 12.4. The van der Waals surface area contributed by atoms with E-state index in [1.807, 2.05) is 0 Å². The molecule has 0 nitrogen and oxygen atoms in total. The van der Waals surface area contributed by atoms with Gasteiger partial charge in [-0.15, -0.1) is 13.2 Å². The van der Waals surface area contributed by atoms with Gasteiger partial charge in [-0.3, -0.25) is 0 Å². The molecule has 2 rings (SSSR count). The molecule has 0 aromatic carbocycles. The minimum atomic E-state index is -0.740. The van der Waals surface area contributed by atoms with Gasteiger partial charge in [0.2, 0.25) is 0 Å². The van der Waals surface area contributed by atoms with Crippen LogP contribution < -0.4 is 24.8 Å². The van der Waals surface area contributed by atoms with Crippen molar-refractivity contribution in [3.8, 4) is 0 Å². The van der Waals surface area contributed by atoms with Crippen molar-refractivity contribution in [3.63, 3.8) is 0 Å². The minimum Gasteiger partial charge on any atom is -1.00 e. The Morgan fingerprint density at radius 3 is 1.26 bits per heavy atom. The largest absolute Gasteiger partial charge is 1.00 e. The van der Waals surface area contributed by atoms with Gasteiger partial charge in [-0.25, -0.2) is 0 Å². The average Bonchev–Trinajstić information content (AvgIpc) is 2.99. The molecule has 0 spiro atoms. The summed E-state index contributed by atoms with van der Waals surface area (Å²) in [5.41, 5.74) is 3.75. The molecule has 0 aliphatic heterocycles. The molecule has 0 aromatic rings. The molecular weight excluding hydrogens is 490 g/mol. The summed E-state index contributed by atoms with van der Waals surface area (Å²) in [5, 5.41) is 0. The first-order valence-electron chi connectivity index (χ1n) is 7.76. The Balaban J connectivity index is 0. The van der Waals surface area contributed by atoms with E-state index >= 15 is 0 Å². The van der Waals surface area contributed by atoms with Gasteiger partial charge in [-0.1, -0.05) is 0 Å². The van der Waals surface area contributed by atoms with Gasteiger partial charge in [0.25, 0.3) is 0 Å². The second-order valence-corrected chi connectivity index (χ2v) is 13.2. The first-order valence-corrected chi connectivity index (χ1v) is 11.3. The van der Waals surface area contributed by atoms with Crippen LogP contribution in [0.15, 0.2) is 55.3 Å². The number of hydrogen-bond donors (Lipinski definition) is 0. The number of halogens is 2. The molecule has 0 aromatic heterocycles. The summed E-state index contributed by atoms with van der Waals surface area (Å²) in [6.45, 7) is 19.9. The maximum atomic E-state index is 3.00. The third-order valence-electron chi connectivity index (χ3n) is 3.80. The molecule has 0 N–H and O–H groups in total. The van der Waals surface area contributed by atoms with Gasteiger partial charge in [-0.05, 0) is 0 Å². The molecule has 0 atom stereocenters. The van der Waals surface area contributed by atoms with Crippen LogP contribution in [0, 0.1) is 10.8 Å². The Labute approximate surface area is 167 Å². The van der Waals surface area contributed by atoms with E-state index in [1.165, 1.54) is 12.8 Å². The number of rotatable bonds is 2. The second-order valence-electron chi connectivity index (χ2n) is 7.69. The van der Waals surface area contributed by atoms with Crippen LogP contribution in [0.4, 0.5) is 0 Å². The molecule has 23 heavy (non-hydrogen) atoms. The summed E-state index contributed by atoms with van der Waals surface area (Å²) in [4.78, 5) is 0. The van der Waals surface area contributed by atoms with E-state index in [4.69, 9.17) is 0 Å². The van der Waals surface area contributed by atoms with Crippen molar-refractivity contribution in [1.82, 2.24) is 0 Å². The Kier molecular flexibility index (Phi) is 11.3. The zero-order valence-corrected chi connectivity index (χ0v) is 20.5. The van der Waals surface area contributed by atoms with Crippen molar-refractivity contribution < 1.29 is 47.7 Å². The fraction of sp³-hybridized carbons (Fsp3) is 0.500. The van der Waals surface area contributed by atoms with E-state index in [0.29, 0.717) is 10.8 Å². The smallest absolute Gasteiger partial charge is 1.00 e. The maximum Gasteiger partial charge on any atom is -1.00 e. The van der Waals surface area contributed by atoms with Gasteiger partial charge < -0.3 is 24.8 Å². The molecular formula is C20H30Cl2Hf. The molecule has 2 aliphatic carbocycles. The first kappa shape index (κ1) is 25.4. The molecule has 0 heterocycles. The standard InChI is InChI=1S/2C9H13.C2H4.2ClH.Hf/c2*1-9(2,3)8-6-4-5-7-8;1-2;;;/h2*6-7H,4H2,1-3H3;1-2H2;2*1H;/q;;;;;+2/p-2. The van der Waals surface area contributed by atoms with Crippen LogP contribution in [-0.4, -0.2) is 0 Å². The van der Waals surface area contributed by atoms with Gasteiger partial charge in [0.1, 0.15) is 0 Å². The summed E-state index contributed by atoms with van der Waals surface area (Å²) in [7, 11) is 0. The molecule has 0 saturated carbocycles. The van der Waals surface area contributed by atoms with Gasteiger partial charge in [-0.2, -0.15) is 0 Å². The summed E-state index contributed by atoms with van der Waals surface area (Å²) < 4.78 is 3.56. The van der Waals surface area contributed by atoms with E-state index in [-0.39, 0.29) is 24.8 Å². The van der Waals surface area contributed by atoms with Crippen molar-refractivity contribution in [2.45, 2.75) is 54.4 Å². The quantitative estimate of drug-likeness (QED) is 0.366. The predicted molar refractivity (Wildman–Crippen MR) is 91.7 cm³/mol. The van der Waals surface area contributed by atoms with Gasteiger partial charge >= 0.3 is 130 Å². The predicted octanol–water partition coefficient (Wildman–Crippen LogP) is 0.399. The molecule has 0 amide bonds. The molecule has 0 fully saturated rings. The maximum absolute atomic E-state index is 3.00. The Hall–Kier alpha value is 0.150. The zero-order valence-electron chi connectivity index (χ0n) is 15.4. The van der Waals surface area contributed by atoms with Gasteiger partial charge in [0, 0.05) is 0 Å². The molecule has 2 aliphatic rings. The molecule has 3 heteroatoms. The number of hydrogen-bond acceptors (Lipinski definition) is 0. The second kappa shape index (κ2) is 10.2.